The summed E-state index contributed by atoms with van der Waals surface area (Å²) in [5, 5.41) is 0. The zero-order valence-electron chi connectivity index (χ0n) is 9.02. The second kappa shape index (κ2) is 4.47. The first-order chi connectivity index (χ1) is 7.70. The minimum Gasteiger partial charge on any atom is -0.469 e. The minimum atomic E-state index is -0.320. The van der Waals surface area contributed by atoms with Gasteiger partial charge in [0.25, 0.3) is 0 Å². The molecule has 0 radical (unpaired) electrons. The monoisotopic (exact) mass is 224 g/mol. The van der Waals surface area contributed by atoms with E-state index in [1.165, 1.54) is 13.3 Å². The molecule has 2 heterocycles. The van der Waals surface area contributed by atoms with E-state index in [1.54, 1.807) is 12.3 Å². The number of nitrogens with zero attached hydrogens (tertiary/aromatic N) is 2. The highest BCUT2D eigenvalue weighted by Crippen LogP contribution is 2.28. The molecule has 1 aliphatic rings. The summed E-state index contributed by atoms with van der Waals surface area (Å²) in [5.41, 5.74) is 0.552. The summed E-state index contributed by atoms with van der Waals surface area (Å²) in [5.74, 6) is -0.265. The molecule has 5 heteroatoms. The average molecular weight is 224 g/mol. The minimum absolute atomic E-state index is 0.208. The maximum atomic E-state index is 13.3. The summed E-state index contributed by atoms with van der Waals surface area (Å²) in [7, 11) is 1.38. The summed E-state index contributed by atoms with van der Waals surface area (Å²) >= 11 is 0. The topological polar surface area (TPSA) is 42.4 Å². The highest BCUT2D eigenvalue weighted by Gasteiger charge is 2.30. The van der Waals surface area contributed by atoms with Crippen LogP contribution >= 0.6 is 0 Å². The van der Waals surface area contributed by atoms with Crippen LogP contribution in [0.25, 0.3) is 0 Å². The number of pyridine rings is 1. The Hall–Kier alpha value is -1.65. The van der Waals surface area contributed by atoms with Crippen molar-refractivity contribution < 1.29 is 13.9 Å². The molecule has 2 rings (SSSR count). The quantitative estimate of drug-likeness (QED) is 0.724. The first kappa shape index (κ1) is 10.9. The van der Waals surface area contributed by atoms with E-state index in [4.69, 9.17) is 0 Å². The van der Waals surface area contributed by atoms with Crippen molar-refractivity contribution in [2.45, 2.75) is 6.42 Å². The highest BCUT2D eigenvalue weighted by atomic mass is 19.1. The molecule has 0 saturated carbocycles. The first-order valence-electron chi connectivity index (χ1n) is 5.12. The van der Waals surface area contributed by atoms with Gasteiger partial charge >= 0.3 is 5.97 Å². The summed E-state index contributed by atoms with van der Waals surface area (Å²) in [6.45, 7) is 1.38. The predicted molar refractivity (Wildman–Crippen MR) is 56.5 cm³/mol. The van der Waals surface area contributed by atoms with Gasteiger partial charge in [0.2, 0.25) is 0 Å². The molecule has 0 atom stereocenters. The standard InChI is InChI=1S/C11H13FN2O2/c1-16-11(15)4-8-6-14(7-8)10-2-3-13-5-9(10)12/h2-3,5,8H,4,6-7H2,1H3. The van der Waals surface area contributed by atoms with Crippen molar-refractivity contribution in [1.29, 1.82) is 0 Å². The van der Waals surface area contributed by atoms with Gasteiger partial charge in [0.1, 0.15) is 0 Å². The number of aromatic nitrogens is 1. The van der Waals surface area contributed by atoms with Crippen molar-refractivity contribution in [1.82, 2.24) is 4.98 Å². The molecule has 1 aliphatic heterocycles. The Morgan fingerprint density at radius 3 is 3.06 bits per heavy atom. The fourth-order valence-corrected chi connectivity index (χ4v) is 1.84. The van der Waals surface area contributed by atoms with Crippen LogP contribution in [-0.4, -0.2) is 31.2 Å². The number of rotatable bonds is 3. The summed E-state index contributed by atoms with van der Waals surface area (Å²) in [6, 6.07) is 1.64. The molecule has 0 N–H and O–H groups in total. The molecule has 1 aromatic rings. The molecule has 0 bridgehead atoms. The smallest absolute Gasteiger partial charge is 0.305 e. The predicted octanol–water partition coefficient (Wildman–Crippen LogP) is 1.22. The number of methoxy groups -OCH3 is 1. The average Bonchev–Trinajstić information content (AvgIpc) is 2.24. The van der Waals surface area contributed by atoms with E-state index in [9.17, 15) is 9.18 Å². The highest BCUT2D eigenvalue weighted by molar-refractivity contribution is 5.70. The number of carbonyl (C=O) groups excluding carboxylic acids is 1. The molecule has 1 fully saturated rings. The number of anilines is 1. The van der Waals surface area contributed by atoms with E-state index < -0.39 is 0 Å². The van der Waals surface area contributed by atoms with Crippen molar-refractivity contribution in [2.24, 2.45) is 5.92 Å². The first-order valence-corrected chi connectivity index (χ1v) is 5.12. The second-order valence-corrected chi connectivity index (χ2v) is 3.88. The van der Waals surface area contributed by atoms with Crippen LogP contribution in [-0.2, 0) is 9.53 Å². The lowest BCUT2D eigenvalue weighted by atomic mass is 9.96. The largest absolute Gasteiger partial charge is 0.469 e. The lowest BCUT2D eigenvalue weighted by Gasteiger charge is -2.40. The number of halogens is 1. The van der Waals surface area contributed by atoms with E-state index >= 15 is 0 Å². The van der Waals surface area contributed by atoms with Crippen molar-refractivity contribution >= 4 is 11.7 Å². The van der Waals surface area contributed by atoms with Crippen LogP contribution in [0, 0.1) is 11.7 Å². The van der Waals surface area contributed by atoms with E-state index in [0.29, 0.717) is 25.2 Å². The number of hydrogen-bond donors (Lipinski definition) is 0. The van der Waals surface area contributed by atoms with Gasteiger partial charge in [-0.25, -0.2) is 4.39 Å². The van der Waals surface area contributed by atoms with Gasteiger partial charge in [-0.15, -0.1) is 0 Å². The Morgan fingerprint density at radius 2 is 2.44 bits per heavy atom. The maximum Gasteiger partial charge on any atom is 0.305 e. The summed E-state index contributed by atoms with van der Waals surface area (Å²) in [6.07, 6.45) is 3.16. The normalized spacial score (nSPS) is 15.8. The zero-order valence-corrected chi connectivity index (χ0v) is 9.02. The molecule has 4 nitrogen and oxygen atoms in total. The van der Waals surface area contributed by atoms with Crippen molar-refractivity contribution in [3.8, 4) is 0 Å². The van der Waals surface area contributed by atoms with Crippen molar-refractivity contribution in [3.05, 3.63) is 24.3 Å². The van der Waals surface area contributed by atoms with E-state index in [1.807, 2.05) is 4.90 Å². The van der Waals surface area contributed by atoms with Gasteiger partial charge in [-0.1, -0.05) is 0 Å². The Balaban J connectivity index is 1.89. The Kier molecular flexibility index (Phi) is 3.03. The van der Waals surface area contributed by atoms with Crippen LogP contribution in [0.15, 0.2) is 18.5 Å². The van der Waals surface area contributed by atoms with Gasteiger partial charge in [-0.05, 0) is 6.07 Å². The third-order valence-corrected chi connectivity index (χ3v) is 2.73. The maximum absolute atomic E-state index is 13.3. The van der Waals surface area contributed by atoms with Crippen LogP contribution < -0.4 is 4.90 Å². The molecule has 0 spiro atoms. The second-order valence-electron chi connectivity index (χ2n) is 3.88. The van der Waals surface area contributed by atoms with Crippen molar-refractivity contribution in [2.75, 3.05) is 25.1 Å². The Labute approximate surface area is 93.0 Å². The molecule has 0 amide bonds. The number of esters is 1. The fourth-order valence-electron chi connectivity index (χ4n) is 1.84. The molecule has 16 heavy (non-hydrogen) atoms. The van der Waals surface area contributed by atoms with Crippen LogP contribution in [0.3, 0.4) is 0 Å². The fraction of sp³-hybridized carbons (Fsp3) is 0.455. The summed E-state index contributed by atoms with van der Waals surface area (Å²) in [4.78, 5) is 16.6. The van der Waals surface area contributed by atoms with Crippen LogP contribution in [0.2, 0.25) is 0 Å². The van der Waals surface area contributed by atoms with Gasteiger partial charge in [-0.2, -0.15) is 0 Å². The lowest BCUT2D eigenvalue weighted by Crippen LogP contribution is -2.48. The van der Waals surface area contributed by atoms with Gasteiger partial charge in [0.15, 0.2) is 5.82 Å². The number of ether oxygens (including phenoxy) is 1. The zero-order chi connectivity index (χ0) is 11.5. The van der Waals surface area contributed by atoms with Crippen LogP contribution in [0.1, 0.15) is 6.42 Å². The van der Waals surface area contributed by atoms with Gasteiger partial charge in [0, 0.05) is 25.2 Å². The Bertz CT molecular complexity index is 391. The van der Waals surface area contributed by atoms with Crippen LogP contribution in [0.5, 0.6) is 0 Å². The lowest BCUT2D eigenvalue weighted by molar-refractivity contribution is -0.141. The van der Waals surface area contributed by atoms with Crippen LogP contribution in [0.4, 0.5) is 10.1 Å². The molecule has 0 aromatic carbocycles. The van der Waals surface area contributed by atoms with Gasteiger partial charge < -0.3 is 9.64 Å². The van der Waals surface area contributed by atoms with Gasteiger partial charge in [-0.3, -0.25) is 9.78 Å². The third-order valence-electron chi connectivity index (χ3n) is 2.73. The SMILES string of the molecule is COC(=O)CC1CN(c2ccncc2F)C1. The number of carbonyl (C=O) groups is 1. The molecule has 0 aliphatic carbocycles. The van der Waals surface area contributed by atoms with Gasteiger partial charge in [0.05, 0.1) is 25.4 Å². The molecule has 1 saturated heterocycles. The molecule has 86 valence electrons. The molecular weight excluding hydrogens is 211 g/mol. The van der Waals surface area contributed by atoms with E-state index in [2.05, 4.69) is 9.72 Å². The molecule has 0 unspecified atom stereocenters. The third kappa shape index (κ3) is 2.13. The Morgan fingerprint density at radius 1 is 1.69 bits per heavy atom. The van der Waals surface area contributed by atoms with E-state index in [-0.39, 0.29) is 17.7 Å². The molecular formula is C11H13FN2O2. The molecule has 1 aromatic heterocycles. The number of hydrogen-bond acceptors (Lipinski definition) is 4. The summed E-state index contributed by atoms with van der Waals surface area (Å²) < 4.78 is 17.9. The van der Waals surface area contributed by atoms with E-state index in [0.717, 1.165) is 0 Å². The van der Waals surface area contributed by atoms with Crippen molar-refractivity contribution in [3.63, 3.8) is 0 Å².